The van der Waals surface area contributed by atoms with Crippen LogP contribution in [0.1, 0.15) is 5.56 Å². The zero-order chi connectivity index (χ0) is 14.8. The van der Waals surface area contributed by atoms with Crippen molar-refractivity contribution in [2.45, 2.75) is 6.54 Å². The lowest BCUT2D eigenvalue weighted by molar-refractivity contribution is 0.292. The lowest BCUT2D eigenvalue weighted by Gasteiger charge is -2.14. The van der Waals surface area contributed by atoms with Gasteiger partial charge >= 0.3 is 0 Å². The molecule has 6 heteroatoms. The fourth-order valence-electron chi connectivity index (χ4n) is 1.83. The van der Waals surface area contributed by atoms with Crippen molar-refractivity contribution in [3.63, 3.8) is 0 Å². The van der Waals surface area contributed by atoms with Crippen LogP contribution in [0.3, 0.4) is 0 Å². The third-order valence-corrected chi connectivity index (χ3v) is 2.87. The zero-order valence-corrected chi connectivity index (χ0v) is 12.4. The van der Waals surface area contributed by atoms with Crippen LogP contribution in [0.5, 0.6) is 17.2 Å². The van der Waals surface area contributed by atoms with Gasteiger partial charge in [-0.2, -0.15) is 0 Å². The number of benzene rings is 1. The number of aliphatic hydroxyl groups excluding tert-OH is 1. The molecule has 1 aromatic carbocycles. The van der Waals surface area contributed by atoms with Gasteiger partial charge in [0, 0.05) is 37.8 Å². The molecule has 0 fully saturated rings. The first-order valence-corrected chi connectivity index (χ1v) is 6.58. The van der Waals surface area contributed by atoms with E-state index in [1.807, 2.05) is 12.1 Å². The van der Waals surface area contributed by atoms with Crippen molar-refractivity contribution in [2.24, 2.45) is 0 Å². The molecule has 0 bridgehead atoms. The molecule has 0 amide bonds. The second-order valence-corrected chi connectivity index (χ2v) is 4.17. The van der Waals surface area contributed by atoms with Gasteiger partial charge < -0.3 is 30.0 Å². The monoisotopic (exact) mass is 284 g/mol. The van der Waals surface area contributed by atoms with Gasteiger partial charge in [-0.25, -0.2) is 0 Å². The molecule has 3 N–H and O–H groups in total. The van der Waals surface area contributed by atoms with E-state index in [0.717, 1.165) is 24.4 Å². The van der Waals surface area contributed by atoms with Gasteiger partial charge in [-0.15, -0.1) is 0 Å². The minimum atomic E-state index is 0.156. The van der Waals surface area contributed by atoms with Crippen molar-refractivity contribution < 1.29 is 19.3 Å². The highest BCUT2D eigenvalue weighted by Gasteiger charge is 2.11. The van der Waals surface area contributed by atoms with E-state index in [1.54, 1.807) is 21.3 Å². The first-order valence-electron chi connectivity index (χ1n) is 6.58. The quantitative estimate of drug-likeness (QED) is 0.540. The molecule has 0 aromatic heterocycles. The second-order valence-electron chi connectivity index (χ2n) is 4.17. The molecule has 20 heavy (non-hydrogen) atoms. The largest absolute Gasteiger partial charge is 0.496 e. The number of rotatable bonds is 10. The van der Waals surface area contributed by atoms with E-state index in [2.05, 4.69) is 10.6 Å². The first kappa shape index (κ1) is 16.6. The Kier molecular flexibility index (Phi) is 7.79. The smallest absolute Gasteiger partial charge is 0.164 e. The molecule has 0 saturated heterocycles. The van der Waals surface area contributed by atoms with Crippen LogP contribution in [-0.2, 0) is 6.54 Å². The molecule has 6 nitrogen and oxygen atoms in total. The Morgan fingerprint density at radius 3 is 2.05 bits per heavy atom. The van der Waals surface area contributed by atoms with E-state index in [0.29, 0.717) is 24.6 Å². The molecular weight excluding hydrogens is 260 g/mol. The Morgan fingerprint density at radius 2 is 1.45 bits per heavy atom. The number of nitrogens with one attached hydrogen (secondary N) is 2. The van der Waals surface area contributed by atoms with Crippen LogP contribution in [-0.4, -0.2) is 52.7 Å². The zero-order valence-electron chi connectivity index (χ0n) is 12.4. The highest BCUT2D eigenvalue weighted by molar-refractivity contribution is 5.50. The van der Waals surface area contributed by atoms with Crippen LogP contribution in [0.4, 0.5) is 0 Å². The topological polar surface area (TPSA) is 72.0 Å². The van der Waals surface area contributed by atoms with Crippen molar-refractivity contribution in [1.82, 2.24) is 10.6 Å². The Labute approximate surface area is 120 Å². The van der Waals surface area contributed by atoms with Crippen LogP contribution in [0.2, 0.25) is 0 Å². The van der Waals surface area contributed by atoms with Crippen LogP contribution < -0.4 is 24.8 Å². The van der Waals surface area contributed by atoms with Gasteiger partial charge in [0.1, 0.15) is 5.75 Å². The van der Waals surface area contributed by atoms with Gasteiger partial charge in [-0.3, -0.25) is 0 Å². The summed E-state index contributed by atoms with van der Waals surface area (Å²) in [5.74, 6) is 2.10. The van der Waals surface area contributed by atoms with Crippen LogP contribution in [0.25, 0.3) is 0 Å². The van der Waals surface area contributed by atoms with Gasteiger partial charge in [-0.1, -0.05) is 0 Å². The minimum Gasteiger partial charge on any atom is -0.496 e. The molecule has 1 rings (SSSR count). The van der Waals surface area contributed by atoms with Crippen LogP contribution in [0.15, 0.2) is 12.1 Å². The van der Waals surface area contributed by atoms with Crippen molar-refractivity contribution in [3.8, 4) is 17.2 Å². The third kappa shape index (κ3) is 4.88. The highest BCUT2D eigenvalue weighted by atomic mass is 16.5. The number of hydrogen-bond acceptors (Lipinski definition) is 6. The highest BCUT2D eigenvalue weighted by Crippen LogP contribution is 2.34. The summed E-state index contributed by atoms with van der Waals surface area (Å²) in [6.07, 6.45) is 0. The lowest BCUT2D eigenvalue weighted by atomic mass is 10.1. The molecule has 0 unspecified atom stereocenters. The maximum Gasteiger partial charge on any atom is 0.164 e. The standard InChI is InChI=1S/C14H24N2O4/c1-18-12-9-14(20-3)13(19-2)8-11(12)10-16-5-4-15-6-7-17/h8-9,15-17H,4-7,10H2,1-3H3. The predicted octanol–water partition coefficient (Wildman–Crippen LogP) is 0.384. The van der Waals surface area contributed by atoms with Gasteiger partial charge in [0.05, 0.1) is 27.9 Å². The van der Waals surface area contributed by atoms with E-state index in [-0.39, 0.29) is 6.61 Å². The summed E-state index contributed by atoms with van der Waals surface area (Å²) in [7, 11) is 4.84. The van der Waals surface area contributed by atoms with Crippen molar-refractivity contribution in [2.75, 3.05) is 47.6 Å². The van der Waals surface area contributed by atoms with E-state index in [9.17, 15) is 0 Å². The normalized spacial score (nSPS) is 10.4. The maximum absolute atomic E-state index is 8.65. The summed E-state index contributed by atoms with van der Waals surface area (Å²) in [6.45, 7) is 3.04. The average molecular weight is 284 g/mol. The molecule has 0 heterocycles. The Morgan fingerprint density at radius 1 is 0.850 bits per heavy atom. The lowest BCUT2D eigenvalue weighted by Crippen LogP contribution is -2.28. The fourth-order valence-corrected chi connectivity index (χ4v) is 1.83. The summed E-state index contributed by atoms with van der Waals surface area (Å²) < 4.78 is 15.9. The predicted molar refractivity (Wildman–Crippen MR) is 77.8 cm³/mol. The average Bonchev–Trinajstić information content (AvgIpc) is 2.49. The van der Waals surface area contributed by atoms with E-state index in [1.165, 1.54) is 0 Å². The Hall–Kier alpha value is -1.50. The van der Waals surface area contributed by atoms with Gasteiger partial charge in [0.25, 0.3) is 0 Å². The van der Waals surface area contributed by atoms with Crippen molar-refractivity contribution in [3.05, 3.63) is 17.7 Å². The second kappa shape index (κ2) is 9.41. The Bertz CT molecular complexity index is 399. The minimum absolute atomic E-state index is 0.156. The maximum atomic E-state index is 8.65. The SMILES string of the molecule is COc1cc(OC)c(OC)cc1CNCCNCCO. The molecule has 0 spiro atoms. The third-order valence-electron chi connectivity index (χ3n) is 2.87. The number of aliphatic hydroxyl groups is 1. The molecular formula is C14H24N2O4. The fraction of sp³-hybridized carbons (Fsp3) is 0.571. The summed E-state index contributed by atoms with van der Waals surface area (Å²) in [5.41, 5.74) is 1.01. The number of hydrogen-bond donors (Lipinski definition) is 3. The van der Waals surface area contributed by atoms with E-state index < -0.39 is 0 Å². The van der Waals surface area contributed by atoms with E-state index >= 15 is 0 Å². The van der Waals surface area contributed by atoms with E-state index in [4.69, 9.17) is 19.3 Å². The summed E-state index contributed by atoms with van der Waals surface area (Å²) >= 11 is 0. The first-order chi connectivity index (χ1) is 9.76. The molecule has 0 radical (unpaired) electrons. The molecule has 0 saturated carbocycles. The van der Waals surface area contributed by atoms with Gasteiger partial charge in [0.15, 0.2) is 11.5 Å². The van der Waals surface area contributed by atoms with Crippen LogP contribution in [0, 0.1) is 0 Å². The summed E-state index contributed by atoms with van der Waals surface area (Å²) in [4.78, 5) is 0. The van der Waals surface area contributed by atoms with Gasteiger partial charge in [0.2, 0.25) is 0 Å². The van der Waals surface area contributed by atoms with Crippen molar-refractivity contribution in [1.29, 1.82) is 0 Å². The molecule has 0 atom stereocenters. The molecule has 114 valence electrons. The Balaban J connectivity index is 2.59. The number of methoxy groups -OCH3 is 3. The molecule has 1 aromatic rings. The van der Waals surface area contributed by atoms with Gasteiger partial charge in [-0.05, 0) is 6.07 Å². The molecule has 0 aliphatic heterocycles. The molecule has 0 aliphatic rings. The summed E-state index contributed by atoms with van der Waals surface area (Å²) in [6, 6.07) is 3.73. The molecule has 0 aliphatic carbocycles. The summed E-state index contributed by atoms with van der Waals surface area (Å²) in [5, 5.41) is 15.1. The van der Waals surface area contributed by atoms with Crippen molar-refractivity contribution >= 4 is 0 Å². The van der Waals surface area contributed by atoms with Crippen LogP contribution >= 0.6 is 0 Å². The number of ether oxygens (including phenoxy) is 3.